The fourth-order valence-electron chi connectivity index (χ4n) is 2.14. The van der Waals surface area contributed by atoms with Crippen molar-refractivity contribution in [2.75, 3.05) is 19.8 Å². The number of hydrogen-bond acceptors (Lipinski definition) is 4. The average Bonchev–Trinajstić information content (AvgIpc) is 2.59. The Morgan fingerprint density at radius 3 is 2.71 bits per heavy atom. The average molecular weight is 349 g/mol. The van der Waals surface area contributed by atoms with E-state index in [9.17, 15) is 4.79 Å². The largest absolute Gasteiger partial charge is 0.381 e. The van der Waals surface area contributed by atoms with E-state index in [1.807, 2.05) is 31.2 Å². The smallest absolute Gasteiger partial charge is 0.265 e. The third-order valence-corrected chi connectivity index (χ3v) is 4.62. The Kier molecular flexibility index (Phi) is 10.1. The van der Waals surface area contributed by atoms with Crippen LogP contribution in [0.1, 0.15) is 38.2 Å². The van der Waals surface area contributed by atoms with Crippen molar-refractivity contribution in [2.24, 2.45) is 0 Å². The van der Waals surface area contributed by atoms with E-state index in [0.717, 1.165) is 55.7 Å². The maximum Gasteiger partial charge on any atom is 0.265 e. The van der Waals surface area contributed by atoms with Crippen LogP contribution in [0.4, 0.5) is 0 Å². The van der Waals surface area contributed by atoms with Gasteiger partial charge in [-0.25, -0.2) is 0 Å². The number of carbonyl (C=O) groups excluding carboxylic acids is 1. The van der Waals surface area contributed by atoms with E-state index in [4.69, 9.17) is 10.1 Å². The molecule has 4 nitrogen and oxygen atoms in total. The number of nitrogens with one attached hydrogen (secondary N) is 1. The molecule has 0 saturated heterocycles. The summed E-state index contributed by atoms with van der Waals surface area (Å²) in [6, 6.07) is 7.90. The van der Waals surface area contributed by atoms with Crippen LogP contribution in [0.2, 0.25) is 0 Å². The first-order chi connectivity index (χ1) is 11.6. The van der Waals surface area contributed by atoms with Gasteiger partial charge in [-0.1, -0.05) is 43.5 Å². The second-order valence-electron chi connectivity index (χ2n) is 5.59. The lowest BCUT2D eigenvalue weighted by atomic mass is 10.2. The zero-order valence-corrected chi connectivity index (χ0v) is 15.5. The highest BCUT2D eigenvalue weighted by Crippen LogP contribution is 2.29. The van der Waals surface area contributed by atoms with Crippen molar-refractivity contribution >= 4 is 24.0 Å². The predicted molar refractivity (Wildman–Crippen MR) is 102 cm³/mol. The van der Waals surface area contributed by atoms with Gasteiger partial charge in [0.15, 0.2) is 0 Å². The van der Waals surface area contributed by atoms with Gasteiger partial charge < -0.3 is 4.74 Å². The molecule has 5 heteroatoms. The summed E-state index contributed by atoms with van der Waals surface area (Å²) in [6.07, 6.45) is 4.97. The van der Waals surface area contributed by atoms with Gasteiger partial charge in [0, 0.05) is 24.7 Å². The number of benzene rings is 1. The van der Waals surface area contributed by atoms with Crippen molar-refractivity contribution in [3.8, 4) is 0 Å². The van der Waals surface area contributed by atoms with Crippen LogP contribution >= 0.6 is 11.8 Å². The molecule has 0 atom stereocenters. The normalized spacial score (nSPS) is 10.4. The third-order valence-electron chi connectivity index (χ3n) is 3.52. The van der Waals surface area contributed by atoms with Crippen LogP contribution in [0.3, 0.4) is 0 Å². The monoisotopic (exact) mass is 348 g/mol. The summed E-state index contributed by atoms with van der Waals surface area (Å²) in [7, 11) is 0. The van der Waals surface area contributed by atoms with E-state index < -0.39 is 0 Å². The minimum Gasteiger partial charge on any atom is -0.381 e. The minimum atomic E-state index is -0.194. The fraction of sp³-hybridized carbons (Fsp3) is 0.474. The lowest BCUT2D eigenvalue weighted by Crippen LogP contribution is -2.30. The van der Waals surface area contributed by atoms with Crippen molar-refractivity contribution in [2.45, 2.75) is 44.4 Å². The van der Waals surface area contributed by atoms with Crippen LogP contribution in [0.15, 0.2) is 40.6 Å². The standard InChI is InChI=1S/C19H28N2O2S/c1-4-13-23-14-9-5-8-12-21(15-20)19(22)17(3)24-18-11-7-6-10-16(18)2/h6-7,10-11,15,20H,3-5,8-9,12-14H2,1-2H3. The molecule has 0 radical (unpaired) electrons. The topological polar surface area (TPSA) is 53.4 Å². The molecular formula is C19H28N2O2S. The van der Waals surface area contributed by atoms with E-state index in [1.54, 1.807) is 0 Å². The zero-order valence-electron chi connectivity index (χ0n) is 14.7. The number of nitrogens with zero attached hydrogens (tertiary/aromatic N) is 1. The van der Waals surface area contributed by atoms with Crippen LogP contribution in [0, 0.1) is 12.3 Å². The van der Waals surface area contributed by atoms with Gasteiger partial charge >= 0.3 is 0 Å². The van der Waals surface area contributed by atoms with Crippen LogP contribution in [0.25, 0.3) is 0 Å². The molecular weight excluding hydrogens is 320 g/mol. The zero-order chi connectivity index (χ0) is 17.8. The molecule has 1 amide bonds. The Hall–Kier alpha value is -1.59. The summed E-state index contributed by atoms with van der Waals surface area (Å²) in [5.41, 5.74) is 1.12. The molecule has 0 spiro atoms. The number of hydrogen-bond donors (Lipinski definition) is 1. The summed E-state index contributed by atoms with van der Waals surface area (Å²) >= 11 is 1.37. The lowest BCUT2D eigenvalue weighted by Gasteiger charge is -2.18. The molecule has 0 unspecified atom stereocenters. The van der Waals surface area contributed by atoms with Gasteiger partial charge in [0.25, 0.3) is 5.91 Å². The minimum absolute atomic E-state index is 0.194. The number of thioether (sulfide) groups is 1. The Labute approximate surface area is 149 Å². The Morgan fingerprint density at radius 1 is 1.29 bits per heavy atom. The van der Waals surface area contributed by atoms with Gasteiger partial charge in [-0.3, -0.25) is 15.1 Å². The molecule has 0 saturated carbocycles. The number of aryl methyl sites for hydroxylation is 1. The molecule has 1 aromatic rings. The Balaban J connectivity index is 2.38. The van der Waals surface area contributed by atoms with Crippen LogP contribution in [0.5, 0.6) is 0 Å². The molecule has 1 aromatic carbocycles. The highest BCUT2D eigenvalue weighted by Gasteiger charge is 2.16. The van der Waals surface area contributed by atoms with E-state index in [1.165, 1.54) is 16.7 Å². The first-order valence-electron chi connectivity index (χ1n) is 8.41. The van der Waals surface area contributed by atoms with Crippen molar-refractivity contribution in [3.05, 3.63) is 41.3 Å². The molecule has 0 fully saturated rings. The fourth-order valence-corrected chi connectivity index (χ4v) is 2.99. The quantitative estimate of drug-likeness (QED) is 0.197. The molecule has 1 rings (SSSR count). The first kappa shape index (κ1) is 20.5. The van der Waals surface area contributed by atoms with Gasteiger partial charge in [-0.05, 0) is 44.2 Å². The van der Waals surface area contributed by atoms with Crippen molar-refractivity contribution < 1.29 is 9.53 Å². The Morgan fingerprint density at radius 2 is 2.04 bits per heavy atom. The SMILES string of the molecule is C=C(Sc1ccccc1C)C(=O)N(C=N)CCCCCOCCC. The van der Waals surface area contributed by atoms with Crippen molar-refractivity contribution in [3.63, 3.8) is 0 Å². The molecule has 0 bridgehead atoms. The highest BCUT2D eigenvalue weighted by atomic mass is 32.2. The molecule has 132 valence electrons. The van der Waals surface area contributed by atoms with E-state index in [-0.39, 0.29) is 5.91 Å². The highest BCUT2D eigenvalue weighted by molar-refractivity contribution is 8.04. The van der Waals surface area contributed by atoms with Crippen LogP contribution < -0.4 is 0 Å². The molecule has 0 aliphatic carbocycles. The lowest BCUT2D eigenvalue weighted by molar-refractivity contribution is -0.122. The second kappa shape index (κ2) is 11.9. The maximum atomic E-state index is 12.4. The summed E-state index contributed by atoms with van der Waals surface area (Å²) in [6.45, 7) is 10.1. The number of amides is 1. The van der Waals surface area contributed by atoms with Gasteiger partial charge in [0.2, 0.25) is 0 Å². The van der Waals surface area contributed by atoms with Gasteiger partial charge in [0.05, 0.1) is 11.2 Å². The van der Waals surface area contributed by atoms with Gasteiger partial charge in [0.1, 0.15) is 0 Å². The van der Waals surface area contributed by atoms with Crippen LogP contribution in [-0.4, -0.2) is 36.9 Å². The predicted octanol–water partition coefficient (Wildman–Crippen LogP) is 4.63. The van der Waals surface area contributed by atoms with E-state index >= 15 is 0 Å². The molecule has 0 heterocycles. The molecule has 24 heavy (non-hydrogen) atoms. The maximum absolute atomic E-state index is 12.4. The Bertz CT molecular complexity index is 546. The number of rotatable bonds is 12. The third kappa shape index (κ3) is 7.32. The van der Waals surface area contributed by atoms with E-state index in [2.05, 4.69) is 13.5 Å². The van der Waals surface area contributed by atoms with Crippen LogP contribution in [-0.2, 0) is 9.53 Å². The molecule has 0 aromatic heterocycles. The first-order valence-corrected chi connectivity index (χ1v) is 9.23. The molecule has 1 N–H and O–H groups in total. The van der Waals surface area contributed by atoms with Gasteiger partial charge in [-0.15, -0.1) is 0 Å². The summed E-state index contributed by atoms with van der Waals surface area (Å²) in [5, 5.41) is 7.48. The van der Waals surface area contributed by atoms with Gasteiger partial charge in [-0.2, -0.15) is 0 Å². The summed E-state index contributed by atoms with van der Waals surface area (Å²) in [5.74, 6) is -0.194. The number of ether oxygens (including phenoxy) is 1. The van der Waals surface area contributed by atoms with Crippen molar-refractivity contribution in [1.82, 2.24) is 4.90 Å². The van der Waals surface area contributed by atoms with Crippen molar-refractivity contribution in [1.29, 1.82) is 5.41 Å². The molecule has 0 aliphatic rings. The summed E-state index contributed by atoms with van der Waals surface area (Å²) in [4.78, 5) is 15.3. The summed E-state index contributed by atoms with van der Waals surface area (Å²) < 4.78 is 5.44. The number of unbranched alkanes of at least 4 members (excludes halogenated alkanes) is 2. The second-order valence-corrected chi connectivity index (χ2v) is 6.73. The molecule has 0 aliphatic heterocycles. The number of carbonyl (C=O) groups is 1. The van der Waals surface area contributed by atoms with E-state index in [0.29, 0.717) is 11.4 Å².